The Balaban J connectivity index is 1.01. The number of nitrogens with zero attached hydrogens (tertiary/aromatic N) is 4. The van der Waals surface area contributed by atoms with Gasteiger partial charge in [0.15, 0.2) is 0 Å². The van der Waals surface area contributed by atoms with Gasteiger partial charge in [0.05, 0.1) is 6.61 Å². The summed E-state index contributed by atoms with van der Waals surface area (Å²) in [6, 6.07) is 64.9. The van der Waals surface area contributed by atoms with Crippen LogP contribution in [-0.2, 0) is 30.2 Å². The van der Waals surface area contributed by atoms with E-state index in [-0.39, 0.29) is 16.4 Å². The average molecular weight is 1110 g/mol. The summed E-state index contributed by atoms with van der Waals surface area (Å²) in [5.41, 5.74) is 14.3. The molecule has 71 heavy (non-hydrogen) atoms. The van der Waals surface area contributed by atoms with Crippen molar-refractivity contribution in [2.24, 2.45) is 0 Å². The third-order valence-corrected chi connectivity index (χ3v) is 15.2. The molecule has 6 nitrogen and oxygen atoms in total. The summed E-state index contributed by atoms with van der Waals surface area (Å²) in [5.74, 6) is 2.60. The molecule has 0 atom stereocenters. The fourth-order valence-corrected chi connectivity index (χ4v) is 11.4. The number of aryl methyl sites for hydroxylation is 1. The Bertz CT molecular complexity index is 3980. The van der Waals surface area contributed by atoms with Crippen molar-refractivity contribution >= 4 is 32.8 Å². The minimum absolute atomic E-state index is 0.0955. The molecule has 0 radical (unpaired) electrons. The van der Waals surface area contributed by atoms with Gasteiger partial charge in [0.1, 0.15) is 5.75 Å². The number of ether oxygens (including phenoxy) is 2. The Morgan fingerprint density at radius 3 is 1.85 bits per heavy atom. The van der Waals surface area contributed by atoms with E-state index in [0.717, 1.165) is 93.6 Å². The van der Waals surface area contributed by atoms with Crippen molar-refractivity contribution in [2.45, 2.75) is 58.7 Å². The van der Waals surface area contributed by atoms with E-state index in [2.05, 4.69) is 195 Å². The summed E-state index contributed by atoms with van der Waals surface area (Å²) in [4.78, 5) is 5.01. The van der Waals surface area contributed by atoms with Gasteiger partial charge in [-0.15, -0.1) is 0 Å². The first kappa shape index (κ1) is 41.3. The molecule has 1 aliphatic rings. The van der Waals surface area contributed by atoms with E-state index in [4.69, 9.17) is 18.6 Å². The SMILES string of the molecule is [2H]C([2H])([2H])c1cc(-n2c3cc(Oc4cccc(-n5[c](=[Pt])n(-c6c(-c7ccccc7)cc(C(C)(C)C)cc6-c6ccccc6)c6ccccc65)c4)ccc3c3cc4c(cc32)OCCC4(C)C)ncc1-c1ccccc1. The molecule has 0 saturated heterocycles. The van der Waals surface area contributed by atoms with Gasteiger partial charge >= 0.3 is 320 Å². The molecule has 0 bridgehead atoms. The van der Waals surface area contributed by atoms with Gasteiger partial charge in [0.25, 0.3) is 0 Å². The topological polar surface area (TPSA) is 46.1 Å². The molecular formula is C64H54N4O2Pt. The number of para-hydroxylation sites is 2. The van der Waals surface area contributed by atoms with E-state index in [0.29, 0.717) is 29.5 Å². The molecule has 0 unspecified atom stereocenters. The fraction of sp³-hybridized carbons (Fsp3) is 0.156. The zero-order chi connectivity index (χ0) is 51.1. The van der Waals surface area contributed by atoms with Crippen LogP contribution in [0.1, 0.15) is 61.8 Å². The zero-order valence-electron chi connectivity index (χ0n) is 43.3. The molecule has 0 saturated carbocycles. The van der Waals surface area contributed by atoms with Crippen LogP contribution in [0.15, 0.2) is 194 Å². The van der Waals surface area contributed by atoms with Crippen LogP contribution in [0.4, 0.5) is 0 Å². The molecule has 12 rings (SSSR count). The molecule has 7 heteroatoms. The minimum atomic E-state index is -2.40. The van der Waals surface area contributed by atoms with Gasteiger partial charge in [-0.3, -0.25) is 0 Å². The van der Waals surface area contributed by atoms with Crippen LogP contribution in [0, 0.1) is 10.7 Å². The third kappa shape index (κ3) is 7.86. The maximum atomic E-state index is 8.69. The van der Waals surface area contributed by atoms with Crippen LogP contribution >= 0.6 is 0 Å². The van der Waals surface area contributed by atoms with Crippen molar-refractivity contribution in [1.82, 2.24) is 18.7 Å². The number of aromatic nitrogens is 4. The standard InChI is InChI=1S/C64H54N4O2.Pt/c1-42-33-61(65-40-54(42)45-23-14-9-15-24-45)68-58-37-49(29-30-50(58)53-38-55-60(39-59(53)68)69-32-31-64(55,5)6)70-48-26-18-25-47(36-48)66-41-67(57-28-17-16-27-56(57)66)62-51(43-19-10-7-11-20-43)34-46(63(2,3)4)35-52(62)44-21-12-8-13-22-44;/h7-30,33-40H,31-32H2,1-6H3;/i1D3;. The van der Waals surface area contributed by atoms with E-state index in [1.807, 2.05) is 54.6 Å². The van der Waals surface area contributed by atoms with Gasteiger partial charge in [0, 0.05) is 21.4 Å². The summed E-state index contributed by atoms with van der Waals surface area (Å²) in [6.07, 6.45) is 2.59. The molecule has 352 valence electrons. The third-order valence-electron chi connectivity index (χ3n) is 14.1. The number of rotatable bonds is 8. The maximum absolute atomic E-state index is 8.69. The number of pyridine rings is 1. The van der Waals surface area contributed by atoms with E-state index >= 15 is 0 Å². The van der Waals surface area contributed by atoms with Gasteiger partial charge in [0.2, 0.25) is 0 Å². The molecule has 0 amide bonds. The Morgan fingerprint density at radius 1 is 0.592 bits per heavy atom. The molecule has 11 aromatic rings. The number of hydrogen-bond donors (Lipinski definition) is 0. The summed E-state index contributed by atoms with van der Waals surface area (Å²) in [6.45, 7) is 9.58. The van der Waals surface area contributed by atoms with Gasteiger partial charge in [-0.2, -0.15) is 0 Å². The van der Waals surface area contributed by atoms with Gasteiger partial charge in [-0.1, -0.05) is 44.2 Å². The predicted octanol–water partition coefficient (Wildman–Crippen LogP) is 16.5. The Morgan fingerprint density at radius 2 is 1.20 bits per heavy atom. The van der Waals surface area contributed by atoms with Crippen molar-refractivity contribution in [2.75, 3.05) is 6.61 Å². The van der Waals surface area contributed by atoms with Crippen molar-refractivity contribution < 1.29 is 32.9 Å². The molecule has 0 N–H and O–H groups in total. The molecule has 0 aliphatic carbocycles. The zero-order valence-corrected chi connectivity index (χ0v) is 42.6. The Kier molecular flexibility index (Phi) is 10.1. The fourth-order valence-electron chi connectivity index (χ4n) is 10.3. The number of benzene rings is 8. The van der Waals surface area contributed by atoms with Gasteiger partial charge in [-0.05, 0) is 29.8 Å². The van der Waals surface area contributed by atoms with E-state index < -0.39 is 6.85 Å². The molecule has 0 fully saturated rings. The van der Waals surface area contributed by atoms with Crippen LogP contribution in [-0.4, -0.2) is 25.3 Å². The molecule has 0 spiro atoms. The monoisotopic (exact) mass is 1110 g/mol. The Hall–Kier alpha value is -7.53. The smallest absolute Gasteiger partial charge is 0.493 e. The molecule has 1 aliphatic heterocycles. The van der Waals surface area contributed by atoms with Crippen LogP contribution in [0.3, 0.4) is 0 Å². The second-order valence-electron chi connectivity index (χ2n) is 20.2. The first-order valence-corrected chi connectivity index (χ1v) is 25.3. The van der Waals surface area contributed by atoms with Crippen molar-refractivity contribution in [3.8, 4) is 67.8 Å². The summed E-state index contributed by atoms with van der Waals surface area (Å²) < 4.78 is 47.1. The molecule has 4 heterocycles. The normalized spacial score (nSPS) is 14.2. The number of hydrogen-bond acceptors (Lipinski definition) is 3. The molecule has 3 aromatic heterocycles. The molecule has 8 aromatic carbocycles. The van der Waals surface area contributed by atoms with Crippen molar-refractivity contribution in [1.29, 1.82) is 0 Å². The second-order valence-corrected chi connectivity index (χ2v) is 21.2. The van der Waals surface area contributed by atoms with Gasteiger partial charge < -0.3 is 4.74 Å². The van der Waals surface area contributed by atoms with Crippen LogP contribution < -0.4 is 9.47 Å². The van der Waals surface area contributed by atoms with Crippen LogP contribution in [0.5, 0.6) is 17.2 Å². The summed E-state index contributed by atoms with van der Waals surface area (Å²) in [5, 5.41) is 2.02. The second kappa shape index (κ2) is 17.4. The molecular weight excluding hydrogens is 1050 g/mol. The number of fused-ring (bicyclic) bond motifs is 5. The van der Waals surface area contributed by atoms with E-state index in [9.17, 15) is 0 Å². The van der Waals surface area contributed by atoms with Crippen LogP contribution in [0.2, 0.25) is 0 Å². The van der Waals surface area contributed by atoms with Crippen molar-refractivity contribution in [3.63, 3.8) is 0 Å². The quantitative estimate of drug-likeness (QED) is 0.152. The predicted molar refractivity (Wildman–Crippen MR) is 287 cm³/mol. The number of imidazole rings is 1. The average Bonchev–Trinajstić information content (AvgIpc) is 3.89. The van der Waals surface area contributed by atoms with E-state index in [1.165, 1.54) is 5.56 Å². The van der Waals surface area contributed by atoms with Crippen molar-refractivity contribution in [3.05, 3.63) is 215 Å². The van der Waals surface area contributed by atoms with E-state index in [1.54, 1.807) is 12.3 Å². The summed E-state index contributed by atoms with van der Waals surface area (Å²) >= 11 is 2.50. The Labute approximate surface area is 430 Å². The van der Waals surface area contributed by atoms with Gasteiger partial charge in [-0.25, -0.2) is 0 Å². The summed E-state index contributed by atoms with van der Waals surface area (Å²) in [7, 11) is 0. The first-order valence-electron chi connectivity index (χ1n) is 25.7. The first-order chi connectivity index (χ1) is 35.6. The van der Waals surface area contributed by atoms with Crippen LogP contribution in [0.25, 0.3) is 83.4 Å². The minimum Gasteiger partial charge on any atom is -0.493 e.